The predicted octanol–water partition coefficient (Wildman–Crippen LogP) is 18.7. The SMILES string of the molecule is C=C(C)C(=O)OCC(C)COc1ccc(C(C)(C)c2ccc(OCC(COC(=O)C(=C)C)OC(=O)CCCCCCCCCCC3C(CCCCCCCCCCC(=O)OC)CCC(CCCCC)C3CCCCCCC)cc2)cc1. The fraction of sp³-hybridized carbons (Fsp3) is 0.718. The van der Waals surface area contributed by atoms with Crippen LogP contribution < -0.4 is 9.47 Å². The van der Waals surface area contributed by atoms with Crippen molar-refractivity contribution in [1.82, 2.24) is 0 Å². The number of ether oxygens (including phenoxy) is 6. The molecule has 0 aromatic heterocycles. The van der Waals surface area contributed by atoms with Crippen molar-refractivity contribution in [2.75, 3.05) is 33.5 Å². The van der Waals surface area contributed by atoms with E-state index < -0.39 is 18.0 Å². The lowest BCUT2D eigenvalue weighted by Crippen LogP contribution is -2.35. The van der Waals surface area contributed by atoms with Gasteiger partial charge in [0.25, 0.3) is 0 Å². The number of hydrogen-bond acceptors (Lipinski definition) is 10. The summed E-state index contributed by atoms with van der Waals surface area (Å²) in [6.07, 6.45) is 39.1. The minimum Gasteiger partial charge on any atom is -0.493 e. The Bertz CT molecular complexity index is 2040. The number of rotatable bonds is 47. The highest BCUT2D eigenvalue weighted by atomic mass is 16.6. The van der Waals surface area contributed by atoms with Crippen molar-refractivity contribution in [2.45, 2.75) is 265 Å². The third kappa shape index (κ3) is 30.0. The lowest BCUT2D eigenvalue weighted by atomic mass is 9.61. The molecule has 0 heterocycles. The molecule has 0 spiro atoms. The summed E-state index contributed by atoms with van der Waals surface area (Å²) in [6, 6.07) is 15.9. The molecule has 81 heavy (non-hydrogen) atoms. The van der Waals surface area contributed by atoms with Gasteiger partial charge in [0.05, 0.1) is 20.3 Å². The molecule has 6 atom stereocenters. The third-order valence-corrected chi connectivity index (χ3v) is 17.1. The second kappa shape index (κ2) is 42.2. The average Bonchev–Trinajstić information content (AvgIpc) is 3.53. The Kier molecular flexibility index (Phi) is 36.9. The molecule has 458 valence electrons. The molecule has 2 aromatic carbocycles. The molecule has 1 aliphatic rings. The molecule has 10 nitrogen and oxygen atoms in total. The molecule has 10 heteroatoms. The lowest BCUT2D eigenvalue weighted by molar-refractivity contribution is -0.159. The first-order valence-electron chi connectivity index (χ1n) is 32.5. The molecule has 1 fully saturated rings. The van der Waals surface area contributed by atoms with Crippen LogP contribution in [0.5, 0.6) is 11.5 Å². The first-order valence-corrected chi connectivity index (χ1v) is 32.5. The van der Waals surface area contributed by atoms with Crippen LogP contribution in [0.15, 0.2) is 72.8 Å². The molecule has 3 rings (SSSR count). The van der Waals surface area contributed by atoms with Gasteiger partial charge in [-0.15, -0.1) is 0 Å². The smallest absolute Gasteiger partial charge is 0.333 e. The fourth-order valence-corrected chi connectivity index (χ4v) is 11.9. The Labute approximate surface area is 493 Å². The standard InChI is InChI=1S/C71H114O10/c1-11-13-15-24-31-37-65-58(35-29-14-12-2)41-42-59(36-30-25-20-16-18-22-27-33-39-67(72)76-10)66(65)38-32-26-21-17-19-23-28-34-40-68(73)81-64(54-80-70(75)56(5)6)53-78-63-49-45-61(46-50-63)71(8,9)60-43-47-62(48-44-60)77-51-57(7)52-79-69(74)55(3)4/h43-50,57-59,64-66H,3,5,11-42,51-54H2,1-2,4,6-10H3. The molecule has 0 saturated heterocycles. The fourth-order valence-electron chi connectivity index (χ4n) is 11.9. The lowest BCUT2D eigenvalue weighted by Gasteiger charge is -2.44. The molecule has 0 aliphatic heterocycles. The first-order chi connectivity index (χ1) is 39.1. The molecular formula is C71H114O10. The van der Waals surface area contributed by atoms with E-state index in [-0.39, 0.29) is 48.7 Å². The predicted molar refractivity (Wildman–Crippen MR) is 332 cm³/mol. The van der Waals surface area contributed by atoms with Crippen molar-refractivity contribution in [3.63, 3.8) is 0 Å². The summed E-state index contributed by atoms with van der Waals surface area (Å²) in [4.78, 5) is 48.6. The van der Waals surface area contributed by atoms with Gasteiger partial charge in [0, 0.05) is 35.3 Å². The maximum Gasteiger partial charge on any atom is 0.333 e. The zero-order valence-corrected chi connectivity index (χ0v) is 52.5. The maximum atomic E-state index is 13.1. The Morgan fingerprint density at radius 2 is 0.864 bits per heavy atom. The van der Waals surface area contributed by atoms with E-state index in [0.29, 0.717) is 30.8 Å². The Morgan fingerprint density at radius 1 is 0.494 bits per heavy atom. The molecule has 0 N–H and O–H groups in total. The van der Waals surface area contributed by atoms with Gasteiger partial charge in [-0.25, -0.2) is 9.59 Å². The van der Waals surface area contributed by atoms with Crippen molar-refractivity contribution in [3.05, 3.63) is 84.0 Å². The molecule has 6 unspecified atom stereocenters. The quantitative estimate of drug-likeness (QED) is 0.0274. The van der Waals surface area contributed by atoms with Crippen LogP contribution >= 0.6 is 0 Å². The van der Waals surface area contributed by atoms with E-state index in [1.54, 1.807) is 13.8 Å². The largest absolute Gasteiger partial charge is 0.493 e. The highest BCUT2D eigenvalue weighted by molar-refractivity contribution is 5.87. The summed E-state index contributed by atoms with van der Waals surface area (Å²) < 4.78 is 33.4. The topological polar surface area (TPSA) is 124 Å². The molecular weight excluding hydrogens is 1010 g/mol. The van der Waals surface area contributed by atoms with Gasteiger partial charge >= 0.3 is 23.9 Å². The van der Waals surface area contributed by atoms with E-state index >= 15 is 0 Å². The Hall–Kier alpha value is -4.60. The highest BCUT2D eigenvalue weighted by Gasteiger charge is 2.38. The minimum absolute atomic E-state index is 0.0267. The van der Waals surface area contributed by atoms with Crippen LogP contribution in [0.4, 0.5) is 0 Å². The van der Waals surface area contributed by atoms with Crippen LogP contribution in [0.3, 0.4) is 0 Å². The molecule has 1 aliphatic carbocycles. The van der Waals surface area contributed by atoms with Gasteiger partial charge in [-0.1, -0.05) is 226 Å². The highest BCUT2D eigenvalue weighted by Crippen LogP contribution is 2.48. The zero-order valence-electron chi connectivity index (χ0n) is 52.5. The van der Waals surface area contributed by atoms with Crippen LogP contribution in [-0.2, 0) is 43.5 Å². The summed E-state index contributed by atoms with van der Waals surface area (Å²) in [5, 5.41) is 0. The van der Waals surface area contributed by atoms with Gasteiger partial charge in [0.2, 0.25) is 0 Å². The maximum absolute atomic E-state index is 13.1. The van der Waals surface area contributed by atoms with E-state index in [4.69, 9.17) is 28.4 Å². The normalized spacial score (nSPS) is 16.9. The Balaban J connectivity index is 1.44. The molecule has 0 bridgehead atoms. The number of benzene rings is 2. The number of carbonyl (C=O) groups is 4. The van der Waals surface area contributed by atoms with E-state index in [0.717, 1.165) is 72.7 Å². The van der Waals surface area contributed by atoms with E-state index in [1.165, 1.54) is 168 Å². The number of unbranched alkanes of at least 4 members (excludes halogenated alkanes) is 20. The first kappa shape index (κ1) is 70.7. The second-order valence-corrected chi connectivity index (χ2v) is 24.7. The zero-order chi connectivity index (χ0) is 59.1. The average molecular weight is 1130 g/mol. The van der Waals surface area contributed by atoms with Crippen LogP contribution in [0.25, 0.3) is 0 Å². The van der Waals surface area contributed by atoms with Gasteiger partial charge in [0.15, 0.2) is 6.10 Å². The van der Waals surface area contributed by atoms with Crippen molar-refractivity contribution in [3.8, 4) is 11.5 Å². The third-order valence-electron chi connectivity index (χ3n) is 17.1. The summed E-state index contributed by atoms with van der Waals surface area (Å²) in [7, 11) is 1.48. The van der Waals surface area contributed by atoms with E-state index in [9.17, 15) is 19.2 Å². The summed E-state index contributed by atoms with van der Waals surface area (Å²) >= 11 is 0. The summed E-state index contributed by atoms with van der Waals surface area (Å²) in [6.45, 7) is 22.1. The van der Waals surface area contributed by atoms with Gasteiger partial charge < -0.3 is 28.4 Å². The second-order valence-electron chi connectivity index (χ2n) is 24.7. The Morgan fingerprint density at radius 3 is 1.31 bits per heavy atom. The number of methoxy groups -OCH3 is 1. The van der Waals surface area contributed by atoms with Crippen molar-refractivity contribution in [1.29, 1.82) is 0 Å². The van der Waals surface area contributed by atoms with Gasteiger partial charge in [0.1, 0.15) is 24.7 Å². The van der Waals surface area contributed by atoms with Gasteiger partial charge in [-0.3, -0.25) is 9.59 Å². The van der Waals surface area contributed by atoms with Crippen molar-refractivity contribution in [2.24, 2.45) is 29.6 Å². The van der Waals surface area contributed by atoms with Crippen LogP contribution in [-0.4, -0.2) is 63.5 Å². The number of hydrogen-bond donors (Lipinski definition) is 0. The van der Waals surface area contributed by atoms with E-state index in [2.05, 4.69) is 53.0 Å². The van der Waals surface area contributed by atoms with Crippen molar-refractivity contribution < 1.29 is 47.6 Å². The van der Waals surface area contributed by atoms with Crippen LogP contribution in [0.1, 0.15) is 265 Å². The number of carbonyl (C=O) groups excluding carboxylic acids is 4. The molecule has 0 amide bonds. The van der Waals surface area contributed by atoms with Gasteiger partial charge in [-0.05, 0) is 111 Å². The monoisotopic (exact) mass is 1130 g/mol. The molecule has 2 aromatic rings. The summed E-state index contributed by atoms with van der Waals surface area (Å²) in [5.74, 6) is 3.71. The van der Waals surface area contributed by atoms with Crippen LogP contribution in [0, 0.1) is 29.6 Å². The van der Waals surface area contributed by atoms with Crippen molar-refractivity contribution >= 4 is 23.9 Å². The molecule has 1 saturated carbocycles. The minimum atomic E-state index is -0.762. The van der Waals surface area contributed by atoms with E-state index in [1.807, 2.05) is 43.3 Å². The van der Waals surface area contributed by atoms with Crippen LogP contribution in [0.2, 0.25) is 0 Å². The van der Waals surface area contributed by atoms with Gasteiger partial charge in [-0.2, -0.15) is 0 Å². The summed E-state index contributed by atoms with van der Waals surface area (Å²) in [5.41, 5.74) is 2.54. The number of esters is 4. The molecule has 0 radical (unpaired) electrons.